The van der Waals surface area contributed by atoms with E-state index in [1.54, 1.807) is 6.07 Å². The number of hydrogen-bond donors (Lipinski definition) is 3. The van der Waals surface area contributed by atoms with E-state index in [0.29, 0.717) is 17.3 Å². The fraction of sp³-hybridized carbons (Fsp3) is 0.333. The van der Waals surface area contributed by atoms with Gasteiger partial charge in [0.1, 0.15) is 18.0 Å². The van der Waals surface area contributed by atoms with Crippen LogP contribution in [0.2, 0.25) is 0 Å². The molecule has 2 aromatic heterocycles. The number of aliphatic hydroxyl groups is 1. The summed E-state index contributed by atoms with van der Waals surface area (Å²) in [4.78, 5) is 11.1. The molecule has 3 N–H and O–H groups in total. The van der Waals surface area contributed by atoms with E-state index in [2.05, 4.69) is 20.3 Å². The van der Waals surface area contributed by atoms with Crippen LogP contribution < -0.4 is 10.1 Å². The summed E-state index contributed by atoms with van der Waals surface area (Å²) >= 11 is 0. The number of aliphatic hydroxyl groups excluding tert-OH is 1. The number of nitrogens with one attached hydrogen (secondary N) is 2. The van der Waals surface area contributed by atoms with Crippen molar-refractivity contribution >= 4 is 22.7 Å². The van der Waals surface area contributed by atoms with Crippen LogP contribution >= 0.6 is 0 Å². The monoisotopic (exact) mass is 432 g/mol. The maximum absolute atomic E-state index is 14.7. The second kappa shape index (κ2) is 7.45. The van der Waals surface area contributed by atoms with Crippen LogP contribution in [0.3, 0.4) is 0 Å². The van der Waals surface area contributed by atoms with E-state index >= 15 is 0 Å². The number of aliphatic imine (C=N–C) groups is 1. The number of anilines is 1. The Balaban J connectivity index is 1.40. The summed E-state index contributed by atoms with van der Waals surface area (Å²) in [5, 5.41) is 12.3. The molecule has 7 nitrogen and oxygen atoms in total. The lowest BCUT2D eigenvalue weighted by molar-refractivity contribution is 0.0181. The number of aromatic nitrogens is 2. The Labute approximate surface area is 174 Å². The van der Waals surface area contributed by atoms with Crippen LogP contribution in [0, 0.1) is 11.6 Å². The lowest BCUT2D eigenvalue weighted by Crippen LogP contribution is -2.43. The van der Waals surface area contributed by atoms with Crippen molar-refractivity contribution in [1.29, 1.82) is 0 Å². The largest absolute Gasteiger partial charge is 0.461 e. The summed E-state index contributed by atoms with van der Waals surface area (Å²) in [5.74, 6) is -1.69. The van der Waals surface area contributed by atoms with Crippen molar-refractivity contribution in [2.45, 2.75) is 24.4 Å². The number of rotatable bonds is 5. The van der Waals surface area contributed by atoms with Gasteiger partial charge in [0.2, 0.25) is 0 Å². The number of pyridine rings is 1. The third-order valence-corrected chi connectivity index (χ3v) is 5.30. The molecule has 31 heavy (non-hydrogen) atoms. The summed E-state index contributed by atoms with van der Waals surface area (Å²) in [6, 6.07) is 3.55. The van der Waals surface area contributed by atoms with E-state index < -0.39 is 36.3 Å². The molecule has 10 heteroatoms. The van der Waals surface area contributed by atoms with Gasteiger partial charge < -0.3 is 24.9 Å². The van der Waals surface area contributed by atoms with E-state index in [0.717, 1.165) is 35.9 Å². The van der Waals surface area contributed by atoms with E-state index in [1.807, 2.05) is 6.20 Å². The molecule has 1 atom stereocenters. The summed E-state index contributed by atoms with van der Waals surface area (Å²) in [6.07, 6.45) is 5.47. The molecule has 1 saturated carbocycles. The number of H-pyrrole nitrogens is 1. The molecular formula is C21H19F3N4O3. The summed E-state index contributed by atoms with van der Waals surface area (Å²) in [6.45, 7) is -1.47. The number of ether oxygens (including phenoxy) is 2. The van der Waals surface area contributed by atoms with Gasteiger partial charge >= 0.3 is 0 Å². The van der Waals surface area contributed by atoms with Crippen molar-refractivity contribution in [2.75, 3.05) is 25.1 Å². The normalized spacial score (nSPS) is 21.0. The Hall–Kier alpha value is -3.27. The van der Waals surface area contributed by atoms with Crippen LogP contribution in [0.5, 0.6) is 11.5 Å². The zero-order chi connectivity index (χ0) is 21.6. The molecule has 3 aromatic rings. The van der Waals surface area contributed by atoms with Gasteiger partial charge in [-0.05, 0) is 30.4 Å². The number of amidine groups is 1. The predicted molar refractivity (Wildman–Crippen MR) is 107 cm³/mol. The molecule has 0 bridgehead atoms. The van der Waals surface area contributed by atoms with E-state index in [4.69, 9.17) is 14.6 Å². The smallest absolute Gasteiger partial charge is 0.289 e. The molecular weight excluding hydrogens is 413 g/mol. The summed E-state index contributed by atoms with van der Waals surface area (Å²) in [5.41, 5.74) is -0.321. The number of fused-ring (bicyclic) bond motifs is 1. The van der Waals surface area contributed by atoms with E-state index in [1.165, 1.54) is 6.20 Å². The SMILES string of the molecule is OCC1(F)CN=C(Nc2cc(F)c(Oc3ccnc4[nH]cc(C5CC5)c34)c(F)c2)OC1. The van der Waals surface area contributed by atoms with Crippen molar-refractivity contribution < 1.29 is 27.8 Å². The minimum atomic E-state index is -1.97. The molecule has 0 radical (unpaired) electrons. The zero-order valence-corrected chi connectivity index (χ0v) is 16.3. The minimum absolute atomic E-state index is 0.0247. The highest BCUT2D eigenvalue weighted by molar-refractivity contribution is 5.90. The van der Waals surface area contributed by atoms with Gasteiger partial charge in [0.15, 0.2) is 23.1 Å². The van der Waals surface area contributed by atoms with Crippen LogP contribution in [-0.4, -0.2) is 46.5 Å². The first-order valence-electron chi connectivity index (χ1n) is 9.83. The van der Waals surface area contributed by atoms with Crippen LogP contribution in [0.15, 0.2) is 35.6 Å². The number of alkyl halides is 1. The molecule has 1 fully saturated rings. The molecule has 1 aromatic carbocycles. The molecule has 1 aliphatic heterocycles. The number of aromatic amines is 1. The van der Waals surface area contributed by atoms with Crippen LogP contribution in [0.1, 0.15) is 24.3 Å². The third-order valence-electron chi connectivity index (χ3n) is 5.30. The van der Waals surface area contributed by atoms with Crippen molar-refractivity contribution in [2.24, 2.45) is 4.99 Å². The zero-order valence-electron chi connectivity index (χ0n) is 16.3. The number of hydrogen-bond acceptors (Lipinski definition) is 6. The van der Waals surface area contributed by atoms with Crippen LogP contribution in [0.25, 0.3) is 11.0 Å². The van der Waals surface area contributed by atoms with Crippen LogP contribution in [0.4, 0.5) is 18.9 Å². The molecule has 1 aliphatic carbocycles. The molecule has 1 unspecified atom stereocenters. The number of benzene rings is 1. The summed E-state index contributed by atoms with van der Waals surface area (Å²) in [7, 11) is 0. The highest BCUT2D eigenvalue weighted by Gasteiger charge is 2.34. The Bertz CT molecular complexity index is 1150. The quantitative estimate of drug-likeness (QED) is 0.567. The lowest BCUT2D eigenvalue weighted by atomic mass is 10.1. The van der Waals surface area contributed by atoms with Gasteiger partial charge in [-0.25, -0.2) is 23.1 Å². The van der Waals surface area contributed by atoms with E-state index in [-0.39, 0.29) is 18.3 Å². The first-order chi connectivity index (χ1) is 15.0. The van der Waals surface area contributed by atoms with Crippen molar-refractivity contribution in [3.05, 3.63) is 47.8 Å². The van der Waals surface area contributed by atoms with Gasteiger partial charge in [0.25, 0.3) is 6.02 Å². The van der Waals surface area contributed by atoms with Gasteiger partial charge in [0, 0.05) is 30.2 Å². The van der Waals surface area contributed by atoms with E-state index in [9.17, 15) is 13.2 Å². The lowest BCUT2D eigenvalue weighted by Gasteiger charge is -2.26. The average molecular weight is 432 g/mol. The maximum Gasteiger partial charge on any atom is 0.289 e. The molecule has 0 spiro atoms. The predicted octanol–water partition coefficient (Wildman–Crippen LogP) is 4.01. The van der Waals surface area contributed by atoms with Gasteiger partial charge in [-0.1, -0.05) is 0 Å². The highest BCUT2D eigenvalue weighted by atomic mass is 19.1. The van der Waals surface area contributed by atoms with Gasteiger partial charge in [0.05, 0.1) is 18.5 Å². The Morgan fingerprint density at radius 1 is 1.29 bits per heavy atom. The van der Waals surface area contributed by atoms with Crippen LogP contribution in [-0.2, 0) is 4.74 Å². The second-order valence-electron chi connectivity index (χ2n) is 7.77. The standard InChI is InChI=1S/C21H19F3N4O3/c22-14-5-12(28-20-27-8-21(24,9-29)10-30-20)6-15(23)18(14)31-16-3-4-25-19-17(16)13(7-26-19)11-1-2-11/h3-7,11,29H,1-2,8-10H2,(H,25,26)(H,27,28). The average Bonchev–Trinajstić information content (AvgIpc) is 3.51. The van der Waals surface area contributed by atoms with Crippen molar-refractivity contribution in [3.8, 4) is 11.5 Å². The van der Waals surface area contributed by atoms with Gasteiger partial charge in [-0.2, -0.15) is 0 Å². The molecule has 3 heterocycles. The summed E-state index contributed by atoms with van der Waals surface area (Å²) < 4.78 is 54.1. The molecule has 5 rings (SSSR count). The van der Waals surface area contributed by atoms with Crippen molar-refractivity contribution in [3.63, 3.8) is 0 Å². The second-order valence-corrected chi connectivity index (χ2v) is 7.77. The highest BCUT2D eigenvalue weighted by Crippen LogP contribution is 2.46. The first kappa shape index (κ1) is 19.7. The Kier molecular flexibility index (Phi) is 4.73. The third kappa shape index (κ3) is 3.78. The van der Waals surface area contributed by atoms with Gasteiger partial charge in [-0.3, -0.25) is 0 Å². The fourth-order valence-corrected chi connectivity index (χ4v) is 3.49. The number of nitrogens with zero attached hydrogens (tertiary/aromatic N) is 2. The van der Waals surface area contributed by atoms with Crippen molar-refractivity contribution in [1.82, 2.24) is 9.97 Å². The molecule has 162 valence electrons. The first-order valence-corrected chi connectivity index (χ1v) is 9.83. The molecule has 0 amide bonds. The fourth-order valence-electron chi connectivity index (χ4n) is 3.49. The number of halogens is 3. The maximum atomic E-state index is 14.7. The Morgan fingerprint density at radius 3 is 2.71 bits per heavy atom. The minimum Gasteiger partial charge on any atom is -0.461 e. The van der Waals surface area contributed by atoms with Gasteiger partial charge in [-0.15, -0.1) is 0 Å². The molecule has 0 saturated heterocycles. The topological polar surface area (TPSA) is 91.8 Å². The Morgan fingerprint density at radius 2 is 2.06 bits per heavy atom. The molecule has 2 aliphatic rings.